The lowest BCUT2D eigenvalue weighted by Gasteiger charge is -2.37. The van der Waals surface area contributed by atoms with Crippen LogP contribution in [0.3, 0.4) is 0 Å². The molecule has 3 atom stereocenters. The second-order valence-electron chi connectivity index (χ2n) is 17.8. The molecule has 16 heteroatoms. The fourth-order valence-electron chi connectivity index (χ4n) is 7.72. The van der Waals surface area contributed by atoms with Gasteiger partial charge in [0, 0.05) is 58.5 Å². The number of carbonyl (C=O) groups is 6. The number of aromatic nitrogens is 1. The van der Waals surface area contributed by atoms with Gasteiger partial charge in [-0.1, -0.05) is 99.0 Å². The van der Waals surface area contributed by atoms with Crippen LogP contribution in [-0.2, 0) is 70.3 Å². The predicted molar refractivity (Wildman–Crippen MR) is 260 cm³/mol. The molecule has 1 aromatic rings. The van der Waals surface area contributed by atoms with E-state index in [1.165, 1.54) is 0 Å². The number of rotatable bonds is 35. The minimum absolute atomic E-state index is 0.00306. The molecule has 1 aliphatic heterocycles. The minimum Gasteiger partial charge on any atom is -0.466 e. The number of carbonyl (C=O) groups excluding carboxylic acids is 6. The van der Waals surface area contributed by atoms with Crippen LogP contribution in [0.25, 0.3) is 0 Å². The van der Waals surface area contributed by atoms with Gasteiger partial charge in [0.25, 0.3) is 0 Å². The van der Waals surface area contributed by atoms with Gasteiger partial charge in [0.15, 0.2) is 0 Å². The van der Waals surface area contributed by atoms with Crippen molar-refractivity contribution < 1.29 is 57.2 Å². The van der Waals surface area contributed by atoms with E-state index >= 15 is 0 Å². The Bertz CT molecular complexity index is 1580. The van der Waals surface area contributed by atoms with Gasteiger partial charge in [-0.2, -0.15) is 0 Å². The molecular weight excluding hydrogens is 873 g/mol. The van der Waals surface area contributed by atoms with Gasteiger partial charge in [0.1, 0.15) is 18.1 Å². The molecule has 0 saturated carbocycles. The van der Waals surface area contributed by atoms with Crippen molar-refractivity contribution in [1.29, 1.82) is 0 Å². The van der Waals surface area contributed by atoms with Crippen LogP contribution in [0.5, 0.6) is 0 Å². The van der Waals surface area contributed by atoms with Gasteiger partial charge in [-0.05, 0) is 69.9 Å². The molecular formula is C52H88N4O12. The molecule has 1 unspecified atom stereocenters. The van der Waals surface area contributed by atoms with E-state index in [2.05, 4.69) is 13.8 Å². The van der Waals surface area contributed by atoms with Crippen molar-refractivity contribution in [2.24, 2.45) is 0 Å². The van der Waals surface area contributed by atoms with E-state index < -0.39 is 53.9 Å². The second kappa shape index (κ2) is 37.7. The maximum absolute atomic E-state index is 14.2. The van der Waals surface area contributed by atoms with Crippen LogP contribution >= 0.6 is 0 Å². The highest BCUT2D eigenvalue weighted by Crippen LogP contribution is 2.22. The van der Waals surface area contributed by atoms with Gasteiger partial charge in [0.05, 0.1) is 51.0 Å². The molecule has 0 amide bonds. The Labute approximate surface area is 408 Å². The fraction of sp³-hybridized carbons (Fsp3) is 0.788. The highest BCUT2D eigenvalue weighted by Gasteiger charge is 2.35. The first-order chi connectivity index (χ1) is 33.0. The van der Waals surface area contributed by atoms with Crippen LogP contribution in [0.4, 0.5) is 0 Å². The summed E-state index contributed by atoms with van der Waals surface area (Å²) >= 11 is 0. The van der Waals surface area contributed by atoms with E-state index in [1.807, 2.05) is 60.6 Å². The molecule has 0 saturated heterocycles. The van der Waals surface area contributed by atoms with Crippen LogP contribution in [0.2, 0.25) is 0 Å². The molecule has 0 radical (unpaired) electrons. The van der Waals surface area contributed by atoms with Crippen molar-refractivity contribution in [2.45, 2.75) is 201 Å². The summed E-state index contributed by atoms with van der Waals surface area (Å²) in [7, 11) is 0. The van der Waals surface area contributed by atoms with Crippen LogP contribution in [0, 0.1) is 0 Å². The minimum atomic E-state index is -0.894. The molecule has 16 nitrogen and oxygen atoms in total. The van der Waals surface area contributed by atoms with E-state index in [4.69, 9.17) is 33.4 Å². The zero-order chi connectivity index (χ0) is 49.8. The maximum atomic E-state index is 14.2. The van der Waals surface area contributed by atoms with Crippen molar-refractivity contribution in [3.05, 3.63) is 29.6 Å². The first-order valence-corrected chi connectivity index (χ1v) is 26.1. The Balaban J connectivity index is 2.74. The van der Waals surface area contributed by atoms with Gasteiger partial charge in [-0.25, -0.2) is 0 Å². The maximum Gasteiger partial charge on any atom is 0.323 e. The molecule has 68 heavy (non-hydrogen) atoms. The quantitative estimate of drug-likeness (QED) is 0.0360. The highest BCUT2D eigenvalue weighted by atomic mass is 16.6. The largest absolute Gasteiger partial charge is 0.466 e. The number of hydrogen-bond acceptors (Lipinski definition) is 16. The van der Waals surface area contributed by atoms with Crippen molar-refractivity contribution in [2.75, 3.05) is 65.8 Å². The van der Waals surface area contributed by atoms with Crippen molar-refractivity contribution in [3.63, 3.8) is 0 Å². The number of ether oxygens (including phenoxy) is 6. The fourth-order valence-corrected chi connectivity index (χ4v) is 7.72. The lowest BCUT2D eigenvalue weighted by Crippen LogP contribution is -2.53. The molecule has 1 aromatic heterocycles. The third-order valence-corrected chi connectivity index (χ3v) is 12.0. The Hall–Kier alpha value is -4.15. The van der Waals surface area contributed by atoms with E-state index in [9.17, 15) is 28.8 Å². The number of esters is 6. The molecule has 0 N–H and O–H groups in total. The summed E-state index contributed by atoms with van der Waals surface area (Å²) in [5.74, 6) is -2.61. The Morgan fingerprint density at radius 1 is 0.426 bits per heavy atom. The second-order valence-corrected chi connectivity index (χ2v) is 17.8. The van der Waals surface area contributed by atoms with Crippen molar-refractivity contribution in [1.82, 2.24) is 19.7 Å². The number of pyridine rings is 1. The highest BCUT2D eigenvalue weighted by molar-refractivity contribution is 5.79. The molecule has 0 fully saturated rings. The van der Waals surface area contributed by atoms with E-state index in [0.29, 0.717) is 43.9 Å². The van der Waals surface area contributed by atoms with E-state index in [1.54, 1.807) is 0 Å². The van der Waals surface area contributed by atoms with Gasteiger partial charge in [-0.3, -0.25) is 48.5 Å². The third-order valence-electron chi connectivity index (χ3n) is 12.0. The third kappa shape index (κ3) is 25.5. The summed E-state index contributed by atoms with van der Waals surface area (Å²) in [6.07, 6.45) is 11.8. The molecule has 388 valence electrons. The van der Waals surface area contributed by atoms with E-state index in [0.717, 1.165) is 70.6 Å². The summed E-state index contributed by atoms with van der Waals surface area (Å²) in [5, 5.41) is 0. The number of hydrogen-bond donors (Lipinski definition) is 0. The van der Waals surface area contributed by atoms with Gasteiger partial charge in [-0.15, -0.1) is 0 Å². The Morgan fingerprint density at radius 3 is 1.07 bits per heavy atom. The molecule has 0 spiro atoms. The SMILES string of the molecule is CCCCCOC(=O)CC[C@@H](C(=O)OCCCC)N1CCN(C(CCC(=O)OCCCC)C(=O)OCCCC)CCN([C@@H](CCC(=O)OCCCC)C(=O)OCCCCC)Cc2cccc(n2)C1. The molecule has 2 heterocycles. The van der Waals surface area contributed by atoms with Crippen LogP contribution in [0.1, 0.15) is 181 Å². The topological polar surface area (TPSA) is 180 Å². The lowest BCUT2D eigenvalue weighted by molar-refractivity contribution is -0.155. The summed E-state index contributed by atoms with van der Waals surface area (Å²) < 4.78 is 34.2. The smallest absolute Gasteiger partial charge is 0.323 e. The first-order valence-electron chi connectivity index (χ1n) is 26.1. The van der Waals surface area contributed by atoms with Crippen molar-refractivity contribution >= 4 is 35.8 Å². The standard InChI is InChI=1S/C52H88N4O12/c1-7-13-19-38-65-49(59)29-26-45(51(61)67-37-18-12-6)55-32-30-54(44(50(60)66-36-17-11-5)24-27-47(57)63-34-15-9-3)31-33-56(41-43-23-21-22-42(40-55)53-43)46(52(62)68-39-20-14-8-2)25-28-48(58)64-35-16-10-4/h21-23,44-46H,7-20,24-41H2,1-6H3/t44?,45-,46-/m0/s1. The molecule has 2 rings (SSSR count). The molecule has 0 aromatic carbocycles. The average molecular weight is 961 g/mol. The number of fused-ring (bicyclic) bond motifs is 2. The van der Waals surface area contributed by atoms with Crippen molar-refractivity contribution in [3.8, 4) is 0 Å². The summed E-state index contributed by atoms with van der Waals surface area (Å²) in [6.45, 7) is 15.1. The zero-order valence-corrected chi connectivity index (χ0v) is 42.8. The normalized spacial score (nSPS) is 15.2. The number of unbranched alkanes of at least 4 members (excludes halogenated alkanes) is 8. The predicted octanol–water partition coefficient (Wildman–Crippen LogP) is 8.29. The van der Waals surface area contributed by atoms with Gasteiger partial charge < -0.3 is 28.4 Å². The summed E-state index contributed by atoms with van der Waals surface area (Å²) in [4.78, 5) is 92.6. The Kier molecular flexibility index (Phi) is 33.3. The first kappa shape index (κ1) is 60.0. The number of nitrogens with zero attached hydrogens (tertiary/aromatic N) is 4. The zero-order valence-electron chi connectivity index (χ0n) is 42.8. The van der Waals surface area contributed by atoms with Gasteiger partial charge in [0.2, 0.25) is 0 Å². The van der Waals surface area contributed by atoms with Crippen LogP contribution in [0.15, 0.2) is 18.2 Å². The molecule has 2 bridgehead atoms. The molecule has 1 aliphatic rings. The van der Waals surface area contributed by atoms with Gasteiger partial charge >= 0.3 is 35.8 Å². The average Bonchev–Trinajstić information content (AvgIpc) is 3.32. The lowest BCUT2D eigenvalue weighted by atomic mass is 10.1. The van der Waals surface area contributed by atoms with Crippen LogP contribution in [-0.4, -0.2) is 139 Å². The Morgan fingerprint density at radius 2 is 0.721 bits per heavy atom. The van der Waals surface area contributed by atoms with Crippen LogP contribution < -0.4 is 0 Å². The monoisotopic (exact) mass is 961 g/mol. The van der Waals surface area contributed by atoms with E-state index in [-0.39, 0.29) is 104 Å². The summed E-state index contributed by atoms with van der Waals surface area (Å²) in [6, 6.07) is 3.03. The summed E-state index contributed by atoms with van der Waals surface area (Å²) in [5.41, 5.74) is 1.29. The molecule has 0 aliphatic carbocycles.